The smallest absolute Gasteiger partial charge is 0.338 e. The molecule has 0 aliphatic carbocycles. The van der Waals surface area contributed by atoms with Crippen molar-refractivity contribution < 1.29 is 19.0 Å². The number of hydrogen-bond donors (Lipinski definition) is 0. The minimum absolute atomic E-state index is 0.221. The van der Waals surface area contributed by atoms with Gasteiger partial charge in [-0.05, 0) is 61.7 Å². The first-order valence-electron chi connectivity index (χ1n) is 12.2. The van der Waals surface area contributed by atoms with Gasteiger partial charge in [0.1, 0.15) is 18.1 Å². The molecule has 0 radical (unpaired) electrons. The fourth-order valence-corrected chi connectivity index (χ4v) is 5.09. The summed E-state index contributed by atoms with van der Waals surface area (Å²) >= 11 is 1.29. The normalized spacial score (nSPS) is 15.1. The number of carbonyl (C=O) groups is 1. The van der Waals surface area contributed by atoms with Crippen LogP contribution in [0.2, 0.25) is 0 Å². The van der Waals surface area contributed by atoms with Crippen LogP contribution in [0.3, 0.4) is 0 Å². The van der Waals surface area contributed by atoms with Crippen LogP contribution in [-0.4, -0.2) is 30.4 Å². The summed E-state index contributed by atoms with van der Waals surface area (Å²) in [5.41, 5.74) is 2.28. The first-order chi connectivity index (χ1) is 18.0. The number of carbonyl (C=O) groups excluding carboxylic acids is 1. The van der Waals surface area contributed by atoms with Crippen LogP contribution in [0.15, 0.2) is 82.2 Å². The molecule has 37 heavy (non-hydrogen) atoms. The molecule has 0 N–H and O–H groups in total. The highest BCUT2D eigenvalue weighted by Gasteiger charge is 2.33. The van der Waals surface area contributed by atoms with E-state index >= 15 is 0 Å². The number of nitrogens with zero attached hydrogens (tertiary/aromatic N) is 2. The van der Waals surface area contributed by atoms with Crippen molar-refractivity contribution in [2.75, 3.05) is 19.8 Å². The molecule has 2 heterocycles. The highest BCUT2D eigenvalue weighted by atomic mass is 32.1. The Bertz CT molecular complexity index is 1480. The standard InChI is InChI=1S/C29H30N2O5S/c1-5-16-35-22-12-8-20(9-13-22)18-24-27(32)31-26(21-10-14-23(15-11-21)36-17-6-2)25(28(33)34-7-3)19(4)30-29(31)37-24/h6,8-15,18,26H,2,5,7,16-17H2,1,3-4H3/b24-18-/t26-/m1/s1. The van der Waals surface area contributed by atoms with Gasteiger partial charge in [0.2, 0.25) is 0 Å². The van der Waals surface area contributed by atoms with E-state index in [1.807, 2.05) is 54.6 Å². The van der Waals surface area contributed by atoms with Crippen LogP contribution in [0.4, 0.5) is 0 Å². The van der Waals surface area contributed by atoms with Gasteiger partial charge >= 0.3 is 5.97 Å². The first kappa shape index (κ1) is 26.2. The summed E-state index contributed by atoms with van der Waals surface area (Å²) in [6, 6.07) is 14.3. The lowest BCUT2D eigenvalue weighted by Gasteiger charge is -2.24. The van der Waals surface area contributed by atoms with Crippen LogP contribution in [0.25, 0.3) is 6.08 Å². The van der Waals surface area contributed by atoms with Crippen LogP contribution in [0, 0.1) is 0 Å². The van der Waals surface area contributed by atoms with Gasteiger partial charge in [0, 0.05) is 0 Å². The number of rotatable bonds is 10. The van der Waals surface area contributed by atoms with E-state index in [9.17, 15) is 9.59 Å². The zero-order valence-electron chi connectivity index (χ0n) is 21.2. The van der Waals surface area contributed by atoms with E-state index in [0.29, 0.717) is 39.6 Å². The van der Waals surface area contributed by atoms with Crippen molar-refractivity contribution in [3.05, 3.63) is 103 Å². The van der Waals surface area contributed by atoms with Gasteiger partial charge in [-0.3, -0.25) is 9.36 Å². The minimum Gasteiger partial charge on any atom is -0.494 e. The Labute approximate surface area is 219 Å². The summed E-state index contributed by atoms with van der Waals surface area (Å²) in [5.74, 6) is 0.967. The van der Waals surface area contributed by atoms with Crippen LogP contribution in [0.5, 0.6) is 11.5 Å². The summed E-state index contributed by atoms with van der Waals surface area (Å²) in [6.45, 7) is 10.5. The number of fused-ring (bicyclic) bond motifs is 1. The van der Waals surface area contributed by atoms with Crippen LogP contribution < -0.4 is 24.4 Å². The maximum absolute atomic E-state index is 13.7. The highest BCUT2D eigenvalue weighted by molar-refractivity contribution is 7.07. The van der Waals surface area contributed by atoms with E-state index in [0.717, 1.165) is 23.3 Å². The lowest BCUT2D eigenvalue weighted by atomic mass is 9.96. The van der Waals surface area contributed by atoms with Gasteiger partial charge in [-0.15, -0.1) is 0 Å². The number of esters is 1. The predicted octanol–water partition coefficient (Wildman–Crippen LogP) is 4.15. The fraction of sp³-hybridized carbons (Fsp3) is 0.276. The third-order valence-corrected chi connectivity index (χ3v) is 6.71. The Kier molecular flexibility index (Phi) is 8.40. The van der Waals surface area contributed by atoms with Gasteiger partial charge in [0.15, 0.2) is 4.80 Å². The van der Waals surface area contributed by atoms with E-state index in [2.05, 4.69) is 18.5 Å². The molecule has 0 spiro atoms. The van der Waals surface area contributed by atoms with Crippen LogP contribution in [0.1, 0.15) is 44.4 Å². The van der Waals surface area contributed by atoms with Crippen molar-refractivity contribution in [3.8, 4) is 11.5 Å². The monoisotopic (exact) mass is 518 g/mol. The summed E-state index contributed by atoms with van der Waals surface area (Å²) < 4.78 is 18.7. The fourth-order valence-electron chi connectivity index (χ4n) is 4.04. The zero-order valence-corrected chi connectivity index (χ0v) is 22.0. The zero-order chi connectivity index (χ0) is 26.4. The predicted molar refractivity (Wildman–Crippen MR) is 145 cm³/mol. The Morgan fingerprint density at radius 1 is 1.08 bits per heavy atom. The van der Waals surface area contributed by atoms with Crippen molar-refractivity contribution >= 4 is 23.4 Å². The third kappa shape index (κ3) is 5.75. The molecule has 2 aromatic carbocycles. The number of allylic oxidation sites excluding steroid dienone is 1. The molecule has 0 saturated carbocycles. The Balaban J connectivity index is 1.80. The molecule has 0 unspecified atom stereocenters. The van der Waals surface area contributed by atoms with Gasteiger partial charge in [0.25, 0.3) is 5.56 Å². The lowest BCUT2D eigenvalue weighted by molar-refractivity contribution is -0.139. The Morgan fingerprint density at radius 3 is 2.41 bits per heavy atom. The second-order valence-electron chi connectivity index (χ2n) is 8.39. The van der Waals surface area contributed by atoms with Gasteiger partial charge < -0.3 is 14.2 Å². The van der Waals surface area contributed by atoms with Gasteiger partial charge in [0.05, 0.1) is 35.1 Å². The number of benzene rings is 2. The second kappa shape index (κ2) is 11.9. The average molecular weight is 519 g/mol. The molecular formula is C29H30N2O5S. The molecule has 1 atom stereocenters. The van der Waals surface area contributed by atoms with Crippen LogP contribution >= 0.6 is 11.3 Å². The topological polar surface area (TPSA) is 79.1 Å². The lowest BCUT2D eigenvalue weighted by Crippen LogP contribution is -2.39. The van der Waals surface area contributed by atoms with E-state index in [4.69, 9.17) is 14.2 Å². The van der Waals surface area contributed by atoms with Gasteiger partial charge in [-0.2, -0.15) is 0 Å². The molecule has 3 aromatic rings. The summed E-state index contributed by atoms with van der Waals surface area (Å²) in [5, 5.41) is 0. The van der Waals surface area contributed by atoms with Crippen LogP contribution in [-0.2, 0) is 9.53 Å². The average Bonchev–Trinajstić information content (AvgIpc) is 3.20. The molecule has 192 valence electrons. The van der Waals surface area contributed by atoms with E-state index in [-0.39, 0.29) is 12.2 Å². The molecule has 0 bridgehead atoms. The van der Waals surface area contributed by atoms with E-state index in [1.54, 1.807) is 24.5 Å². The molecule has 1 aliphatic heterocycles. The highest BCUT2D eigenvalue weighted by Crippen LogP contribution is 2.31. The molecule has 4 rings (SSSR count). The Hall–Kier alpha value is -3.91. The Morgan fingerprint density at radius 2 is 1.76 bits per heavy atom. The SMILES string of the molecule is C=CCOc1ccc([C@@H]2C(C(=O)OCC)=C(C)N=c3s/c(=C\c4ccc(OCCC)cc4)c(=O)n32)cc1. The van der Waals surface area contributed by atoms with Crippen molar-refractivity contribution in [3.63, 3.8) is 0 Å². The number of hydrogen-bond acceptors (Lipinski definition) is 7. The molecule has 7 nitrogen and oxygen atoms in total. The molecule has 1 aliphatic rings. The first-order valence-corrected chi connectivity index (χ1v) is 13.0. The molecular weight excluding hydrogens is 488 g/mol. The van der Waals surface area contributed by atoms with Crippen molar-refractivity contribution in [2.24, 2.45) is 4.99 Å². The molecule has 0 amide bonds. The number of aromatic nitrogens is 1. The maximum Gasteiger partial charge on any atom is 0.338 e. The summed E-state index contributed by atoms with van der Waals surface area (Å²) in [4.78, 5) is 31.9. The van der Waals surface area contributed by atoms with E-state index < -0.39 is 12.0 Å². The second-order valence-corrected chi connectivity index (χ2v) is 9.40. The maximum atomic E-state index is 13.7. The van der Waals surface area contributed by atoms with Gasteiger partial charge in [-0.25, -0.2) is 9.79 Å². The molecule has 0 saturated heterocycles. The third-order valence-electron chi connectivity index (χ3n) is 5.73. The van der Waals surface area contributed by atoms with E-state index in [1.165, 1.54) is 11.3 Å². The van der Waals surface area contributed by atoms with Gasteiger partial charge in [-0.1, -0.05) is 55.2 Å². The largest absolute Gasteiger partial charge is 0.494 e. The number of thiazole rings is 1. The summed E-state index contributed by atoms with van der Waals surface area (Å²) in [7, 11) is 0. The number of ether oxygens (including phenoxy) is 3. The molecule has 8 heteroatoms. The van der Waals surface area contributed by atoms with Crippen molar-refractivity contribution in [1.29, 1.82) is 0 Å². The molecule has 1 aromatic heterocycles. The van der Waals surface area contributed by atoms with Crippen molar-refractivity contribution in [2.45, 2.75) is 33.2 Å². The minimum atomic E-state index is -0.671. The van der Waals surface area contributed by atoms with Crippen molar-refractivity contribution in [1.82, 2.24) is 4.57 Å². The quantitative estimate of drug-likeness (QED) is 0.298. The summed E-state index contributed by atoms with van der Waals surface area (Å²) in [6.07, 6.45) is 4.43. The molecule has 0 fully saturated rings.